The lowest BCUT2D eigenvalue weighted by Gasteiger charge is -2.29. The molecule has 0 aliphatic carbocycles. The van der Waals surface area contributed by atoms with Gasteiger partial charge in [0.05, 0.1) is 0 Å². The van der Waals surface area contributed by atoms with E-state index in [0.717, 1.165) is 19.5 Å². The molecule has 0 fully saturated rings. The van der Waals surface area contributed by atoms with Crippen molar-refractivity contribution in [2.24, 2.45) is 0 Å². The topological polar surface area (TPSA) is 3.24 Å². The molecular weight excluding hydrogens is 254 g/mol. The van der Waals surface area contributed by atoms with Crippen LogP contribution in [0.1, 0.15) is 43.0 Å². The molecule has 1 heterocycles. The standard InChI is InChI=1S/C18H21N.C2H6/c1-2-15-8-9-18-14-19(11-10-17(18)12-15)13-16-6-4-3-5-7-16;1-2/h3-9,12H,2,10-11,13-14H2,1H3;1-2H3. The molecule has 1 aliphatic rings. The molecule has 0 spiro atoms. The molecule has 0 bridgehead atoms. The van der Waals surface area contributed by atoms with Gasteiger partial charge in [-0.25, -0.2) is 0 Å². The Morgan fingerprint density at radius 1 is 0.905 bits per heavy atom. The van der Waals surface area contributed by atoms with E-state index in [1.165, 1.54) is 29.7 Å². The highest BCUT2D eigenvalue weighted by molar-refractivity contribution is 5.34. The molecule has 0 unspecified atom stereocenters. The molecule has 0 radical (unpaired) electrons. The van der Waals surface area contributed by atoms with Gasteiger partial charge in [-0.3, -0.25) is 4.90 Å². The quantitative estimate of drug-likeness (QED) is 0.778. The third-order valence-corrected chi connectivity index (χ3v) is 4.02. The van der Waals surface area contributed by atoms with Gasteiger partial charge in [0.15, 0.2) is 0 Å². The summed E-state index contributed by atoms with van der Waals surface area (Å²) in [5.74, 6) is 0. The second-order valence-electron chi connectivity index (χ2n) is 5.40. The minimum atomic E-state index is 1.07. The Morgan fingerprint density at radius 3 is 2.38 bits per heavy atom. The van der Waals surface area contributed by atoms with E-state index in [1.807, 2.05) is 13.8 Å². The second-order valence-corrected chi connectivity index (χ2v) is 5.40. The van der Waals surface area contributed by atoms with E-state index in [2.05, 4.69) is 60.4 Å². The molecule has 112 valence electrons. The summed E-state index contributed by atoms with van der Waals surface area (Å²) in [4.78, 5) is 2.54. The van der Waals surface area contributed by atoms with E-state index in [0.29, 0.717) is 0 Å². The lowest BCUT2D eigenvalue weighted by atomic mass is 9.96. The summed E-state index contributed by atoms with van der Waals surface area (Å²) in [6.45, 7) is 9.56. The van der Waals surface area contributed by atoms with Crippen LogP contribution in [0.3, 0.4) is 0 Å². The van der Waals surface area contributed by atoms with Crippen LogP contribution < -0.4 is 0 Å². The van der Waals surface area contributed by atoms with Gasteiger partial charge in [-0.05, 0) is 35.1 Å². The third kappa shape index (κ3) is 4.18. The molecular formula is C20H27N. The molecule has 0 amide bonds. The molecule has 3 rings (SSSR count). The van der Waals surface area contributed by atoms with Crippen molar-refractivity contribution < 1.29 is 0 Å². The van der Waals surface area contributed by atoms with E-state index < -0.39 is 0 Å². The van der Waals surface area contributed by atoms with E-state index in [-0.39, 0.29) is 0 Å². The van der Waals surface area contributed by atoms with Crippen LogP contribution >= 0.6 is 0 Å². The predicted molar refractivity (Wildman–Crippen MR) is 91.4 cm³/mol. The molecule has 2 aromatic carbocycles. The van der Waals surface area contributed by atoms with Gasteiger partial charge in [0.1, 0.15) is 0 Å². The van der Waals surface area contributed by atoms with Gasteiger partial charge in [-0.1, -0.05) is 69.3 Å². The average molecular weight is 281 g/mol. The van der Waals surface area contributed by atoms with Crippen molar-refractivity contribution in [3.63, 3.8) is 0 Å². The van der Waals surface area contributed by atoms with E-state index >= 15 is 0 Å². The monoisotopic (exact) mass is 281 g/mol. The fraction of sp³-hybridized carbons (Fsp3) is 0.400. The fourth-order valence-corrected chi connectivity index (χ4v) is 2.86. The second kappa shape index (κ2) is 7.99. The maximum Gasteiger partial charge on any atom is 0.0240 e. The fourth-order valence-electron chi connectivity index (χ4n) is 2.86. The highest BCUT2D eigenvalue weighted by Crippen LogP contribution is 2.22. The Labute approximate surface area is 129 Å². The lowest BCUT2D eigenvalue weighted by molar-refractivity contribution is 0.245. The first kappa shape index (κ1) is 15.8. The van der Waals surface area contributed by atoms with Gasteiger partial charge in [0.25, 0.3) is 0 Å². The highest BCUT2D eigenvalue weighted by Gasteiger charge is 2.16. The number of aryl methyl sites for hydroxylation is 1. The maximum absolute atomic E-state index is 2.54. The molecule has 0 atom stereocenters. The number of hydrogen-bond donors (Lipinski definition) is 0. The summed E-state index contributed by atoms with van der Waals surface area (Å²) in [5.41, 5.74) is 5.95. The van der Waals surface area contributed by atoms with Crippen LogP contribution in [0.4, 0.5) is 0 Å². The van der Waals surface area contributed by atoms with Crippen molar-refractivity contribution in [3.05, 3.63) is 70.8 Å². The maximum atomic E-state index is 2.54. The number of rotatable bonds is 3. The van der Waals surface area contributed by atoms with E-state index in [4.69, 9.17) is 0 Å². The number of fused-ring (bicyclic) bond motifs is 1. The summed E-state index contributed by atoms with van der Waals surface area (Å²) < 4.78 is 0. The van der Waals surface area contributed by atoms with Crippen LogP contribution in [-0.2, 0) is 25.9 Å². The first-order valence-corrected chi connectivity index (χ1v) is 8.22. The summed E-state index contributed by atoms with van der Waals surface area (Å²) in [6, 6.07) is 17.8. The molecule has 0 aromatic heterocycles. The zero-order valence-corrected chi connectivity index (χ0v) is 13.6. The Morgan fingerprint density at radius 2 is 1.67 bits per heavy atom. The zero-order valence-electron chi connectivity index (χ0n) is 13.6. The molecule has 1 heteroatoms. The Balaban J connectivity index is 0.000000774. The van der Waals surface area contributed by atoms with E-state index in [9.17, 15) is 0 Å². The van der Waals surface area contributed by atoms with Crippen LogP contribution in [-0.4, -0.2) is 11.4 Å². The van der Waals surface area contributed by atoms with Crippen molar-refractivity contribution in [1.29, 1.82) is 0 Å². The summed E-state index contributed by atoms with van der Waals surface area (Å²) >= 11 is 0. The van der Waals surface area contributed by atoms with Crippen LogP contribution in [0.5, 0.6) is 0 Å². The molecule has 0 saturated heterocycles. The normalized spacial score (nSPS) is 14.0. The number of benzene rings is 2. The SMILES string of the molecule is CC.CCc1ccc2c(c1)CCN(Cc1ccccc1)C2. The molecule has 0 saturated carbocycles. The van der Waals surface area contributed by atoms with Crippen LogP contribution in [0.2, 0.25) is 0 Å². The largest absolute Gasteiger partial charge is 0.294 e. The zero-order chi connectivity index (χ0) is 15.1. The van der Waals surface area contributed by atoms with Gasteiger partial charge in [0, 0.05) is 19.6 Å². The summed E-state index contributed by atoms with van der Waals surface area (Å²) in [7, 11) is 0. The summed E-state index contributed by atoms with van der Waals surface area (Å²) in [5, 5.41) is 0. The number of hydrogen-bond acceptors (Lipinski definition) is 1. The van der Waals surface area contributed by atoms with Crippen LogP contribution in [0.15, 0.2) is 48.5 Å². The van der Waals surface area contributed by atoms with Gasteiger partial charge in [-0.15, -0.1) is 0 Å². The van der Waals surface area contributed by atoms with Crippen molar-refractivity contribution in [1.82, 2.24) is 4.90 Å². The third-order valence-electron chi connectivity index (χ3n) is 4.02. The minimum Gasteiger partial charge on any atom is -0.294 e. The average Bonchev–Trinajstić information content (AvgIpc) is 2.57. The lowest BCUT2D eigenvalue weighted by Crippen LogP contribution is -2.30. The van der Waals surface area contributed by atoms with Crippen molar-refractivity contribution in [2.75, 3.05) is 6.54 Å². The molecule has 0 N–H and O–H groups in total. The Kier molecular flexibility index (Phi) is 6.01. The van der Waals surface area contributed by atoms with Gasteiger partial charge >= 0.3 is 0 Å². The molecule has 21 heavy (non-hydrogen) atoms. The predicted octanol–water partition coefficient (Wildman–Crippen LogP) is 4.83. The van der Waals surface area contributed by atoms with Gasteiger partial charge < -0.3 is 0 Å². The molecule has 1 aliphatic heterocycles. The van der Waals surface area contributed by atoms with Crippen LogP contribution in [0, 0.1) is 0 Å². The van der Waals surface area contributed by atoms with Crippen molar-refractivity contribution in [3.8, 4) is 0 Å². The Hall–Kier alpha value is -1.60. The minimum absolute atomic E-state index is 1.07. The number of nitrogens with zero attached hydrogens (tertiary/aromatic N) is 1. The first-order valence-electron chi connectivity index (χ1n) is 8.22. The highest BCUT2D eigenvalue weighted by atomic mass is 15.1. The van der Waals surface area contributed by atoms with Gasteiger partial charge in [-0.2, -0.15) is 0 Å². The Bertz CT molecular complexity index is 545. The first-order chi connectivity index (χ1) is 10.3. The van der Waals surface area contributed by atoms with Gasteiger partial charge in [0.2, 0.25) is 0 Å². The molecule has 1 nitrogen and oxygen atoms in total. The van der Waals surface area contributed by atoms with Crippen molar-refractivity contribution in [2.45, 2.75) is 46.7 Å². The summed E-state index contributed by atoms with van der Waals surface area (Å²) in [6.07, 6.45) is 2.33. The smallest absolute Gasteiger partial charge is 0.0240 e. The van der Waals surface area contributed by atoms with Crippen LogP contribution in [0.25, 0.3) is 0 Å². The van der Waals surface area contributed by atoms with E-state index in [1.54, 1.807) is 5.56 Å². The molecule has 2 aromatic rings. The van der Waals surface area contributed by atoms with Crippen molar-refractivity contribution >= 4 is 0 Å².